The van der Waals surface area contributed by atoms with Gasteiger partial charge in [-0.3, -0.25) is 0 Å². The first kappa shape index (κ1) is 11.6. The van der Waals surface area contributed by atoms with Gasteiger partial charge in [0.05, 0.1) is 6.10 Å². The van der Waals surface area contributed by atoms with E-state index in [0.717, 1.165) is 12.8 Å². The van der Waals surface area contributed by atoms with E-state index in [1.165, 1.54) is 18.4 Å². The number of aliphatic hydroxyl groups is 1. The monoisotopic (exact) mass is 219 g/mol. The van der Waals surface area contributed by atoms with Gasteiger partial charge in [-0.15, -0.1) is 0 Å². The molecule has 2 N–H and O–H groups in total. The van der Waals surface area contributed by atoms with E-state index in [1.54, 1.807) is 0 Å². The molecule has 1 aromatic rings. The zero-order chi connectivity index (χ0) is 11.4. The summed E-state index contributed by atoms with van der Waals surface area (Å²) in [6.07, 6.45) is 4.27. The van der Waals surface area contributed by atoms with Crippen molar-refractivity contribution in [1.82, 2.24) is 5.32 Å². The SMILES string of the molecule is CC(NC1CCCC[C@H]1O)c1ccccc1. The Hall–Kier alpha value is -0.860. The molecule has 0 saturated heterocycles. The van der Waals surface area contributed by atoms with E-state index in [9.17, 15) is 5.11 Å². The zero-order valence-electron chi connectivity index (χ0n) is 9.89. The minimum atomic E-state index is -0.167. The molecule has 0 amide bonds. The Kier molecular flexibility index (Phi) is 3.97. The van der Waals surface area contributed by atoms with Gasteiger partial charge in [0.2, 0.25) is 0 Å². The molecule has 1 aromatic carbocycles. The molecule has 0 aliphatic heterocycles. The standard InChI is InChI=1S/C14H21NO/c1-11(12-7-3-2-4-8-12)15-13-9-5-6-10-14(13)16/h2-4,7-8,11,13-16H,5-6,9-10H2,1H3/t11?,13?,14-/m1/s1. The average Bonchev–Trinajstić information content (AvgIpc) is 2.33. The van der Waals surface area contributed by atoms with Gasteiger partial charge in [0.1, 0.15) is 0 Å². The van der Waals surface area contributed by atoms with E-state index < -0.39 is 0 Å². The summed E-state index contributed by atoms with van der Waals surface area (Å²) in [4.78, 5) is 0. The van der Waals surface area contributed by atoms with Crippen LogP contribution in [-0.2, 0) is 0 Å². The summed E-state index contributed by atoms with van der Waals surface area (Å²) in [5.74, 6) is 0. The molecule has 0 bridgehead atoms. The Labute approximate surface area is 97.7 Å². The molecule has 0 aromatic heterocycles. The lowest BCUT2D eigenvalue weighted by atomic mass is 9.91. The van der Waals surface area contributed by atoms with Crippen LogP contribution in [0.15, 0.2) is 30.3 Å². The molecule has 0 radical (unpaired) electrons. The molecular formula is C14H21NO. The average molecular weight is 219 g/mol. The molecule has 1 aliphatic carbocycles. The maximum atomic E-state index is 9.90. The highest BCUT2D eigenvalue weighted by molar-refractivity contribution is 5.18. The molecule has 0 spiro atoms. The molecule has 1 fully saturated rings. The lowest BCUT2D eigenvalue weighted by Crippen LogP contribution is -2.43. The molecule has 88 valence electrons. The lowest BCUT2D eigenvalue weighted by Gasteiger charge is -2.31. The summed E-state index contributed by atoms with van der Waals surface area (Å²) in [5, 5.41) is 13.4. The Morgan fingerprint density at radius 1 is 1.19 bits per heavy atom. The maximum absolute atomic E-state index is 9.90. The van der Waals surface area contributed by atoms with Crippen molar-refractivity contribution in [1.29, 1.82) is 0 Å². The highest BCUT2D eigenvalue weighted by Crippen LogP contribution is 2.21. The van der Waals surface area contributed by atoms with Crippen LogP contribution in [0.4, 0.5) is 0 Å². The van der Waals surface area contributed by atoms with Crippen LogP contribution in [0.3, 0.4) is 0 Å². The third kappa shape index (κ3) is 2.83. The fourth-order valence-electron chi connectivity index (χ4n) is 2.46. The first-order valence-corrected chi connectivity index (χ1v) is 6.26. The van der Waals surface area contributed by atoms with Gasteiger partial charge < -0.3 is 10.4 Å². The summed E-state index contributed by atoms with van der Waals surface area (Å²) < 4.78 is 0. The minimum absolute atomic E-state index is 0.167. The number of benzene rings is 1. The summed E-state index contributed by atoms with van der Waals surface area (Å²) >= 11 is 0. The molecule has 3 atom stereocenters. The van der Waals surface area contributed by atoms with Crippen molar-refractivity contribution in [2.75, 3.05) is 0 Å². The normalized spacial score (nSPS) is 27.6. The van der Waals surface area contributed by atoms with Crippen LogP contribution < -0.4 is 5.32 Å². The van der Waals surface area contributed by atoms with Gasteiger partial charge in [0, 0.05) is 12.1 Å². The van der Waals surface area contributed by atoms with E-state index in [0.29, 0.717) is 6.04 Å². The fraction of sp³-hybridized carbons (Fsp3) is 0.571. The van der Waals surface area contributed by atoms with Crippen molar-refractivity contribution < 1.29 is 5.11 Å². The molecule has 2 heteroatoms. The van der Waals surface area contributed by atoms with E-state index >= 15 is 0 Å². The minimum Gasteiger partial charge on any atom is -0.392 e. The Morgan fingerprint density at radius 3 is 2.56 bits per heavy atom. The first-order chi connectivity index (χ1) is 7.77. The van der Waals surface area contributed by atoms with Crippen LogP contribution in [0.2, 0.25) is 0 Å². The predicted molar refractivity (Wildman–Crippen MR) is 66.3 cm³/mol. The highest BCUT2D eigenvalue weighted by atomic mass is 16.3. The molecule has 2 rings (SSSR count). The van der Waals surface area contributed by atoms with E-state index in [-0.39, 0.29) is 12.1 Å². The van der Waals surface area contributed by atoms with Crippen molar-refractivity contribution in [2.24, 2.45) is 0 Å². The van der Waals surface area contributed by atoms with Gasteiger partial charge >= 0.3 is 0 Å². The number of hydrogen-bond acceptors (Lipinski definition) is 2. The Balaban J connectivity index is 1.94. The van der Waals surface area contributed by atoms with Crippen LogP contribution in [0.25, 0.3) is 0 Å². The number of rotatable bonds is 3. The van der Waals surface area contributed by atoms with Gasteiger partial charge in [-0.25, -0.2) is 0 Å². The smallest absolute Gasteiger partial charge is 0.0693 e. The van der Waals surface area contributed by atoms with Gasteiger partial charge in [-0.05, 0) is 25.3 Å². The molecule has 0 heterocycles. The second-order valence-electron chi connectivity index (χ2n) is 4.76. The van der Waals surface area contributed by atoms with Crippen molar-refractivity contribution in [3.63, 3.8) is 0 Å². The second kappa shape index (κ2) is 5.46. The topological polar surface area (TPSA) is 32.3 Å². The highest BCUT2D eigenvalue weighted by Gasteiger charge is 2.24. The van der Waals surface area contributed by atoms with Crippen LogP contribution in [0, 0.1) is 0 Å². The second-order valence-corrected chi connectivity index (χ2v) is 4.76. The summed E-state index contributed by atoms with van der Waals surface area (Å²) in [6, 6.07) is 11.0. The van der Waals surface area contributed by atoms with Crippen LogP contribution in [0.5, 0.6) is 0 Å². The largest absolute Gasteiger partial charge is 0.392 e. The lowest BCUT2D eigenvalue weighted by molar-refractivity contribution is 0.0860. The van der Waals surface area contributed by atoms with Gasteiger partial charge in [0.15, 0.2) is 0 Å². The molecule has 16 heavy (non-hydrogen) atoms. The predicted octanol–water partition coefficient (Wildman–Crippen LogP) is 2.64. The van der Waals surface area contributed by atoms with Crippen LogP contribution in [0.1, 0.15) is 44.2 Å². The Morgan fingerprint density at radius 2 is 1.88 bits per heavy atom. The summed E-state index contributed by atoms with van der Waals surface area (Å²) in [5.41, 5.74) is 1.29. The third-order valence-corrected chi connectivity index (χ3v) is 3.49. The van der Waals surface area contributed by atoms with Gasteiger partial charge in [0.25, 0.3) is 0 Å². The van der Waals surface area contributed by atoms with Crippen molar-refractivity contribution >= 4 is 0 Å². The zero-order valence-corrected chi connectivity index (χ0v) is 9.89. The van der Waals surface area contributed by atoms with Gasteiger partial charge in [-0.1, -0.05) is 43.2 Å². The van der Waals surface area contributed by atoms with Gasteiger partial charge in [-0.2, -0.15) is 0 Å². The van der Waals surface area contributed by atoms with Crippen molar-refractivity contribution in [3.05, 3.63) is 35.9 Å². The van der Waals surface area contributed by atoms with Crippen LogP contribution in [-0.4, -0.2) is 17.3 Å². The molecule has 2 nitrogen and oxygen atoms in total. The van der Waals surface area contributed by atoms with E-state index in [4.69, 9.17) is 0 Å². The summed E-state index contributed by atoms with van der Waals surface area (Å²) in [7, 11) is 0. The van der Waals surface area contributed by atoms with Crippen LogP contribution >= 0.6 is 0 Å². The molecule has 1 aliphatic rings. The van der Waals surface area contributed by atoms with E-state index in [1.807, 2.05) is 6.07 Å². The third-order valence-electron chi connectivity index (χ3n) is 3.49. The molecular weight excluding hydrogens is 198 g/mol. The summed E-state index contributed by atoms with van der Waals surface area (Å²) in [6.45, 7) is 2.16. The quantitative estimate of drug-likeness (QED) is 0.819. The number of aliphatic hydroxyl groups excluding tert-OH is 1. The number of hydrogen-bond donors (Lipinski definition) is 2. The fourth-order valence-corrected chi connectivity index (χ4v) is 2.46. The van der Waals surface area contributed by atoms with Crippen molar-refractivity contribution in [2.45, 2.75) is 50.8 Å². The Bertz CT molecular complexity index is 312. The maximum Gasteiger partial charge on any atom is 0.0693 e. The molecule has 1 saturated carbocycles. The van der Waals surface area contributed by atoms with Crippen molar-refractivity contribution in [3.8, 4) is 0 Å². The van der Waals surface area contributed by atoms with E-state index in [2.05, 4.69) is 36.5 Å². The molecule has 2 unspecified atom stereocenters. The first-order valence-electron chi connectivity index (χ1n) is 6.26. The number of nitrogens with one attached hydrogen (secondary N) is 1.